The van der Waals surface area contributed by atoms with Gasteiger partial charge in [-0.15, -0.1) is 0 Å². The number of hydrogen-bond donors (Lipinski definition) is 1. The quantitative estimate of drug-likeness (QED) is 0.570. The topological polar surface area (TPSA) is 75.9 Å². The van der Waals surface area contributed by atoms with E-state index in [1.807, 2.05) is 17.0 Å². The summed E-state index contributed by atoms with van der Waals surface area (Å²) in [5.74, 6) is 0.0826. The molecule has 0 saturated carbocycles. The lowest BCUT2D eigenvalue weighted by atomic mass is 10.1. The molecular weight excluding hydrogens is 318 g/mol. The summed E-state index contributed by atoms with van der Waals surface area (Å²) in [5.41, 5.74) is 1.90. The molecular formula is C19H20N3O3+. The van der Waals surface area contributed by atoms with Crippen LogP contribution in [0.15, 0.2) is 47.5 Å². The molecule has 3 rings (SSSR count). The Kier molecular flexibility index (Phi) is 4.88. The Bertz CT molecular complexity index is 962. The van der Waals surface area contributed by atoms with Crippen LogP contribution in [0.5, 0.6) is 0 Å². The molecule has 0 unspecified atom stereocenters. The van der Waals surface area contributed by atoms with Gasteiger partial charge in [-0.2, -0.15) is 4.57 Å². The second kappa shape index (κ2) is 7.25. The van der Waals surface area contributed by atoms with Gasteiger partial charge in [-0.05, 0) is 30.2 Å². The van der Waals surface area contributed by atoms with E-state index in [2.05, 4.69) is 29.0 Å². The molecule has 0 fully saturated rings. The highest BCUT2D eigenvalue weighted by atomic mass is 16.5. The zero-order valence-electron chi connectivity index (χ0n) is 14.3. The Morgan fingerprint density at radius 2 is 2.00 bits per heavy atom. The van der Waals surface area contributed by atoms with E-state index in [-0.39, 0.29) is 5.56 Å². The van der Waals surface area contributed by atoms with Crippen LogP contribution in [0.2, 0.25) is 0 Å². The summed E-state index contributed by atoms with van der Waals surface area (Å²) in [6.45, 7) is 2.59. The van der Waals surface area contributed by atoms with Gasteiger partial charge >= 0.3 is 5.97 Å². The predicted molar refractivity (Wildman–Crippen MR) is 93.4 cm³/mol. The number of rotatable bonds is 5. The molecule has 0 atom stereocenters. The Balaban J connectivity index is 1.93. The molecule has 1 aromatic carbocycles. The van der Waals surface area contributed by atoms with Gasteiger partial charge in [0.05, 0.1) is 23.6 Å². The van der Waals surface area contributed by atoms with Crippen molar-refractivity contribution < 1.29 is 14.1 Å². The lowest BCUT2D eigenvalue weighted by Gasteiger charge is -2.04. The third-order valence-electron chi connectivity index (χ3n) is 4.01. The molecule has 6 heteroatoms. The minimum Gasteiger partial charge on any atom is -0.465 e. The molecule has 6 nitrogen and oxygen atoms in total. The summed E-state index contributed by atoms with van der Waals surface area (Å²) in [4.78, 5) is 31.2. The Morgan fingerprint density at radius 3 is 2.68 bits per heavy atom. The van der Waals surface area contributed by atoms with E-state index in [4.69, 9.17) is 4.74 Å². The highest BCUT2D eigenvalue weighted by Crippen LogP contribution is 2.11. The summed E-state index contributed by atoms with van der Waals surface area (Å²) in [6, 6.07) is 8.86. The zero-order valence-corrected chi connectivity index (χ0v) is 14.3. The number of carbonyl (C=O) groups is 1. The average molecular weight is 338 g/mol. The van der Waals surface area contributed by atoms with Gasteiger partial charge < -0.3 is 9.72 Å². The summed E-state index contributed by atoms with van der Waals surface area (Å²) >= 11 is 0. The third-order valence-corrected chi connectivity index (χ3v) is 4.01. The number of fused-ring (bicyclic) bond motifs is 1. The highest BCUT2D eigenvalue weighted by Gasteiger charge is 2.12. The Morgan fingerprint density at radius 1 is 1.24 bits per heavy atom. The van der Waals surface area contributed by atoms with E-state index in [0.29, 0.717) is 28.8 Å². The van der Waals surface area contributed by atoms with E-state index in [1.165, 1.54) is 12.7 Å². The molecule has 25 heavy (non-hydrogen) atoms. The fourth-order valence-corrected chi connectivity index (χ4v) is 2.73. The SMILES string of the molecule is CCCc1cc[n+](Cc2nc3cc(C(=O)OC)ccc3c(=O)[nH]2)cc1. The number of aryl methyl sites for hydroxylation is 1. The highest BCUT2D eigenvalue weighted by molar-refractivity contribution is 5.93. The van der Waals surface area contributed by atoms with Crippen LogP contribution in [0.1, 0.15) is 35.1 Å². The second-order valence-corrected chi connectivity index (χ2v) is 5.86. The zero-order chi connectivity index (χ0) is 17.8. The molecule has 0 aliphatic rings. The minimum atomic E-state index is -0.452. The number of nitrogens with one attached hydrogen (secondary N) is 1. The van der Waals surface area contributed by atoms with Gasteiger partial charge in [-0.25, -0.2) is 9.78 Å². The monoisotopic (exact) mass is 338 g/mol. The molecule has 0 amide bonds. The molecule has 1 N–H and O–H groups in total. The number of hydrogen-bond acceptors (Lipinski definition) is 4. The van der Waals surface area contributed by atoms with Crippen LogP contribution in [0.3, 0.4) is 0 Å². The number of carbonyl (C=O) groups excluding carboxylic acids is 1. The first kappa shape index (κ1) is 16.8. The Hall–Kier alpha value is -3.02. The molecule has 0 aliphatic heterocycles. The van der Waals surface area contributed by atoms with E-state index in [9.17, 15) is 9.59 Å². The first-order valence-electron chi connectivity index (χ1n) is 8.20. The number of nitrogens with zero attached hydrogens (tertiary/aromatic N) is 2. The van der Waals surface area contributed by atoms with Crippen molar-refractivity contribution in [2.75, 3.05) is 7.11 Å². The van der Waals surface area contributed by atoms with E-state index in [0.717, 1.165) is 12.8 Å². The van der Waals surface area contributed by atoms with Crippen LogP contribution in [-0.4, -0.2) is 23.0 Å². The lowest BCUT2D eigenvalue weighted by molar-refractivity contribution is -0.689. The van der Waals surface area contributed by atoms with Crippen molar-refractivity contribution in [1.29, 1.82) is 0 Å². The van der Waals surface area contributed by atoms with Gasteiger partial charge in [0.1, 0.15) is 0 Å². The van der Waals surface area contributed by atoms with Gasteiger partial charge in [-0.3, -0.25) is 4.79 Å². The van der Waals surface area contributed by atoms with Crippen molar-refractivity contribution in [2.45, 2.75) is 26.3 Å². The largest absolute Gasteiger partial charge is 0.465 e. The van der Waals surface area contributed by atoms with Gasteiger partial charge in [0.2, 0.25) is 6.54 Å². The number of methoxy groups -OCH3 is 1. The van der Waals surface area contributed by atoms with E-state index < -0.39 is 5.97 Å². The normalized spacial score (nSPS) is 10.8. The summed E-state index contributed by atoms with van der Waals surface area (Å²) < 4.78 is 6.67. The van der Waals surface area contributed by atoms with E-state index >= 15 is 0 Å². The summed E-state index contributed by atoms with van der Waals surface area (Å²) in [6.07, 6.45) is 6.09. The van der Waals surface area contributed by atoms with Gasteiger partial charge in [-0.1, -0.05) is 13.3 Å². The lowest BCUT2D eigenvalue weighted by Crippen LogP contribution is -2.35. The first-order valence-corrected chi connectivity index (χ1v) is 8.20. The molecule has 0 aliphatic carbocycles. The maximum atomic E-state index is 12.3. The smallest absolute Gasteiger partial charge is 0.337 e. The second-order valence-electron chi connectivity index (χ2n) is 5.86. The standard InChI is InChI=1S/C19H19N3O3/c1-3-4-13-7-9-22(10-8-13)12-17-20-16-11-14(19(24)25-2)5-6-15(16)18(23)21-17/h5-11H,3-4,12H2,1-2H3/p+1. The maximum absolute atomic E-state index is 12.3. The number of H-pyrrole nitrogens is 1. The van der Waals surface area contributed by atoms with Crippen molar-refractivity contribution in [3.8, 4) is 0 Å². The van der Waals surface area contributed by atoms with Crippen molar-refractivity contribution in [1.82, 2.24) is 9.97 Å². The predicted octanol–water partition coefficient (Wildman–Crippen LogP) is 2.00. The molecule has 0 saturated heterocycles. The van der Waals surface area contributed by atoms with Gasteiger partial charge in [0.25, 0.3) is 5.56 Å². The number of benzene rings is 1. The molecule has 0 radical (unpaired) electrons. The van der Waals surface area contributed by atoms with Crippen LogP contribution < -0.4 is 10.1 Å². The summed E-state index contributed by atoms with van der Waals surface area (Å²) in [5, 5.41) is 0.444. The van der Waals surface area contributed by atoms with Gasteiger partial charge in [0.15, 0.2) is 18.2 Å². The molecule has 0 bridgehead atoms. The fourth-order valence-electron chi connectivity index (χ4n) is 2.73. The fraction of sp³-hybridized carbons (Fsp3) is 0.263. The number of esters is 1. The van der Waals surface area contributed by atoms with E-state index in [1.54, 1.807) is 18.2 Å². The van der Waals surface area contributed by atoms with Crippen molar-refractivity contribution in [3.05, 3.63) is 70.0 Å². The number of aromatic amines is 1. The number of ether oxygens (including phenoxy) is 1. The molecule has 2 aromatic heterocycles. The average Bonchev–Trinajstić information content (AvgIpc) is 2.62. The maximum Gasteiger partial charge on any atom is 0.337 e. The van der Waals surface area contributed by atoms with Gasteiger partial charge in [0, 0.05) is 12.1 Å². The third kappa shape index (κ3) is 3.74. The summed E-state index contributed by atoms with van der Waals surface area (Å²) in [7, 11) is 1.32. The van der Waals surface area contributed by atoms with Crippen molar-refractivity contribution in [2.24, 2.45) is 0 Å². The Labute approximate surface area is 145 Å². The first-order chi connectivity index (χ1) is 12.1. The molecule has 128 valence electrons. The number of pyridine rings is 1. The van der Waals surface area contributed by atoms with Crippen LogP contribution in [0.4, 0.5) is 0 Å². The number of aromatic nitrogens is 3. The molecule has 2 heterocycles. The van der Waals surface area contributed by atoms with Crippen LogP contribution >= 0.6 is 0 Å². The van der Waals surface area contributed by atoms with Crippen molar-refractivity contribution >= 4 is 16.9 Å². The van der Waals surface area contributed by atoms with Crippen molar-refractivity contribution in [3.63, 3.8) is 0 Å². The van der Waals surface area contributed by atoms with Crippen LogP contribution in [0, 0.1) is 0 Å². The van der Waals surface area contributed by atoms with Crippen LogP contribution in [0.25, 0.3) is 10.9 Å². The molecule has 0 spiro atoms. The molecule has 3 aromatic rings. The van der Waals surface area contributed by atoms with Crippen LogP contribution in [-0.2, 0) is 17.7 Å². The minimum absolute atomic E-state index is 0.223.